The summed E-state index contributed by atoms with van der Waals surface area (Å²) in [5, 5.41) is 3.34. The molecular formula is C23H20Cl4N2OS. The van der Waals surface area contributed by atoms with E-state index in [2.05, 4.69) is 23.4 Å². The molecule has 0 aliphatic carbocycles. The molecule has 162 valence electrons. The highest BCUT2D eigenvalue weighted by Gasteiger charge is 2.19. The lowest BCUT2D eigenvalue weighted by Gasteiger charge is -2.12. The van der Waals surface area contributed by atoms with Gasteiger partial charge in [0.2, 0.25) is 0 Å². The number of halogens is 4. The van der Waals surface area contributed by atoms with Crippen LogP contribution in [0.2, 0.25) is 15.1 Å². The first kappa shape index (κ1) is 24.1. The quantitative estimate of drug-likeness (QED) is 0.278. The number of rotatable bonds is 5. The summed E-state index contributed by atoms with van der Waals surface area (Å²) in [4.78, 5) is 4.51. The Morgan fingerprint density at radius 3 is 2.29 bits per heavy atom. The van der Waals surface area contributed by atoms with Crippen LogP contribution in [0.25, 0.3) is 10.9 Å². The summed E-state index contributed by atoms with van der Waals surface area (Å²) < 4.78 is 15.5. The van der Waals surface area contributed by atoms with Gasteiger partial charge in [-0.3, -0.25) is 4.21 Å². The second-order valence-corrected chi connectivity index (χ2v) is 9.79. The molecule has 0 saturated heterocycles. The number of aromatic nitrogens is 2. The molecule has 4 rings (SSSR count). The SMILES string of the molecule is Cc1c(C)n(Cc2ccc(Cl)c(Cl)c2)c2c(S(=O)Cc3ccc(Cl)cc3)nccc12.Cl. The van der Waals surface area contributed by atoms with E-state index in [9.17, 15) is 4.21 Å². The monoisotopic (exact) mass is 512 g/mol. The normalized spacial score (nSPS) is 12.0. The average molecular weight is 514 g/mol. The fourth-order valence-electron chi connectivity index (χ4n) is 3.55. The molecule has 1 atom stereocenters. The van der Waals surface area contributed by atoms with Gasteiger partial charge in [0.25, 0.3) is 0 Å². The minimum Gasteiger partial charge on any atom is -0.338 e. The highest BCUT2D eigenvalue weighted by atomic mass is 35.5. The third-order valence-electron chi connectivity index (χ3n) is 5.26. The summed E-state index contributed by atoms with van der Waals surface area (Å²) in [5.74, 6) is 0.374. The smallest absolute Gasteiger partial charge is 0.151 e. The van der Waals surface area contributed by atoms with E-state index in [-0.39, 0.29) is 12.4 Å². The van der Waals surface area contributed by atoms with Crippen LogP contribution < -0.4 is 0 Å². The van der Waals surface area contributed by atoms with Crippen LogP contribution in [-0.2, 0) is 23.1 Å². The molecule has 2 aromatic heterocycles. The molecule has 31 heavy (non-hydrogen) atoms. The number of aryl methyl sites for hydroxylation is 1. The summed E-state index contributed by atoms with van der Waals surface area (Å²) in [6.07, 6.45) is 1.73. The molecule has 8 heteroatoms. The summed E-state index contributed by atoms with van der Waals surface area (Å²) in [6.45, 7) is 4.73. The van der Waals surface area contributed by atoms with Crippen molar-refractivity contribution in [2.75, 3.05) is 0 Å². The molecule has 1 unspecified atom stereocenters. The highest BCUT2D eigenvalue weighted by molar-refractivity contribution is 7.84. The fourth-order valence-corrected chi connectivity index (χ4v) is 5.24. The van der Waals surface area contributed by atoms with Gasteiger partial charge in [-0.25, -0.2) is 4.98 Å². The summed E-state index contributed by atoms with van der Waals surface area (Å²) >= 11 is 18.3. The van der Waals surface area contributed by atoms with E-state index >= 15 is 0 Å². The Kier molecular flexibility index (Phi) is 7.72. The maximum atomic E-state index is 13.3. The Labute approximate surface area is 205 Å². The van der Waals surface area contributed by atoms with Gasteiger partial charge < -0.3 is 4.57 Å². The van der Waals surface area contributed by atoms with Crippen LogP contribution in [0.1, 0.15) is 22.4 Å². The molecule has 0 N–H and O–H groups in total. The Morgan fingerprint density at radius 1 is 0.935 bits per heavy atom. The lowest BCUT2D eigenvalue weighted by Crippen LogP contribution is -2.07. The van der Waals surface area contributed by atoms with Gasteiger partial charge in [0.1, 0.15) is 0 Å². The summed E-state index contributed by atoms with van der Waals surface area (Å²) in [6, 6.07) is 15.0. The van der Waals surface area contributed by atoms with Crippen molar-refractivity contribution in [3.63, 3.8) is 0 Å². The molecule has 0 aliphatic rings. The topological polar surface area (TPSA) is 34.9 Å². The van der Waals surface area contributed by atoms with Gasteiger partial charge in [-0.05, 0) is 60.9 Å². The third-order valence-corrected chi connectivity index (χ3v) is 7.58. The number of hydrogen-bond acceptors (Lipinski definition) is 2. The first-order valence-corrected chi connectivity index (χ1v) is 11.8. The largest absolute Gasteiger partial charge is 0.338 e. The van der Waals surface area contributed by atoms with Crippen LogP contribution in [0.3, 0.4) is 0 Å². The van der Waals surface area contributed by atoms with E-state index in [1.54, 1.807) is 12.3 Å². The zero-order chi connectivity index (χ0) is 21.4. The molecule has 4 aromatic rings. The van der Waals surface area contributed by atoms with E-state index in [1.165, 1.54) is 0 Å². The molecule has 0 bridgehead atoms. The van der Waals surface area contributed by atoms with Crippen LogP contribution in [-0.4, -0.2) is 13.8 Å². The zero-order valence-electron chi connectivity index (χ0n) is 16.9. The second-order valence-electron chi connectivity index (χ2n) is 7.17. The maximum Gasteiger partial charge on any atom is 0.151 e. The van der Waals surface area contributed by atoms with Crippen molar-refractivity contribution in [1.29, 1.82) is 0 Å². The number of nitrogens with zero attached hydrogens (tertiary/aromatic N) is 2. The van der Waals surface area contributed by atoms with Gasteiger partial charge in [-0.1, -0.05) is 53.0 Å². The molecule has 0 fully saturated rings. The first-order valence-electron chi connectivity index (χ1n) is 9.36. The van der Waals surface area contributed by atoms with Gasteiger partial charge in [0, 0.05) is 28.8 Å². The third kappa shape index (κ3) is 4.94. The molecule has 0 saturated carbocycles. The van der Waals surface area contributed by atoms with E-state index in [4.69, 9.17) is 34.8 Å². The molecule has 3 nitrogen and oxygen atoms in total. The van der Waals surface area contributed by atoms with Crippen molar-refractivity contribution in [2.24, 2.45) is 0 Å². The van der Waals surface area contributed by atoms with Crippen LogP contribution in [0, 0.1) is 13.8 Å². The van der Waals surface area contributed by atoms with Crippen LogP contribution in [0.15, 0.2) is 59.8 Å². The zero-order valence-corrected chi connectivity index (χ0v) is 20.8. The van der Waals surface area contributed by atoms with Crippen molar-refractivity contribution in [3.05, 3.63) is 92.2 Å². The molecule has 2 heterocycles. The summed E-state index contributed by atoms with van der Waals surface area (Å²) in [5.41, 5.74) is 5.12. The van der Waals surface area contributed by atoms with Crippen molar-refractivity contribution < 1.29 is 4.21 Å². The Bertz CT molecular complexity index is 1270. The van der Waals surface area contributed by atoms with E-state index in [0.29, 0.717) is 32.4 Å². The average Bonchev–Trinajstić information content (AvgIpc) is 2.97. The minimum atomic E-state index is -1.31. The molecule has 0 aliphatic heterocycles. The molecule has 0 amide bonds. The number of benzene rings is 2. The van der Waals surface area contributed by atoms with E-state index in [0.717, 1.165) is 33.3 Å². The number of fused-ring (bicyclic) bond motifs is 1. The number of pyridine rings is 1. The molecule has 0 spiro atoms. The minimum absolute atomic E-state index is 0. The molecule has 2 aromatic carbocycles. The lowest BCUT2D eigenvalue weighted by molar-refractivity contribution is 0.679. The second kappa shape index (κ2) is 9.93. The Hall–Kier alpha value is -1.56. The first-order chi connectivity index (χ1) is 14.3. The van der Waals surface area contributed by atoms with Gasteiger partial charge in [0.05, 0.1) is 32.1 Å². The predicted molar refractivity (Wildman–Crippen MR) is 134 cm³/mol. The van der Waals surface area contributed by atoms with Crippen molar-refractivity contribution >= 4 is 68.9 Å². The van der Waals surface area contributed by atoms with Crippen LogP contribution >= 0.6 is 47.2 Å². The number of hydrogen-bond donors (Lipinski definition) is 0. The van der Waals surface area contributed by atoms with Crippen LogP contribution in [0.5, 0.6) is 0 Å². The maximum absolute atomic E-state index is 13.3. The van der Waals surface area contributed by atoms with Crippen LogP contribution in [0.4, 0.5) is 0 Å². The van der Waals surface area contributed by atoms with Gasteiger partial charge in [-0.2, -0.15) is 0 Å². The molecular weight excluding hydrogens is 494 g/mol. The highest BCUT2D eigenvalue weighted by Crippen LogP contribution is 2.31. The van der Waals surface area contributed by atoms with Gasteiger partial charge in [0.15, 0.2) is 5.03 Å². The Morgan fingerprint density at radius 2 is 1.61 bits per heavy atom. The van der Waals surface area contributed by atoms with E-state index in [1.807, 2.05) is 42.5 Å². The lowest BCUT2D eigenvalue weighted by atomic mass is 10.2. The fraction of sp³-hybridized carbons (Fsp3) is 0.174. The van der Waals surface area contributed by atoms with Crippen molar-refractivity contribution in [3.8, 4) is 0 Å². The summed E-state index contributed by atoms with van der Waals surface area (Å²) in [7, 11) is -1.31. The van der Waals surface area contributed by atoms with E-state index < -0.39 is 10.8 Å². The van der Waals surface area contributed by atoms with Gasteiger partial charge in [-0.15, -0.1) is 12.4 Å². The van der Waals surface area contributed by atoms with Crippen molar-refractivity contribution in [2.45, 2.75) is 31.2 Å². The molecule has 0 radical (unpaired) electrons. The Balaban J connectivity index is 0.00000272. The predicted octanol–water partition coefficient (Wildman–Crippen LogP) is 7.39. The van der Waals surface area contributed by atoms with Gasteiger partial charge >= 0.3 is 0 Å². The standard InChI is InChI=1S/C23H19Cl3N2OS.ClH/c1-14-15(2)28(12-17-5-8-20(25)21(26)11-17)22-19(14)9-10-27-23(22)30(29)13-16-3-6-18(24)7-4-16;/h3-11H,12-13H2,1-2H3;1H. The van der Waals surface area contributed by atoms with Crippen molar-refractivity contribution in [1.82, 2.24) is 9.55 Å².